The van der Waals surface area contributed by atoms with Gasteiger partial charge in [0, 0.05) is 12.4 Å². The summed E-state index contributed by atoms with van der Waals surface area (Å²) >= 11 is 0. The first-order valence-corrected chi connectivity index (χ1v) is 5.60. The van der Waals surface area contributed by atoms with E-state index in [2.05, 4.69) is 21.9 Å². The van der Waals surface area contributed by atoms with E-state index in [9.17, 15) is 0 Å². The van der Waals surface area contributed by atoms with Gasteiger partial charge in [0.05, 0.1) is 5.69 Å². The Morgan fingerprint density at radius 2 is 1.81 bits per heavy atom. The third-order valence-electron chi connectivity index (χ3n) is 2.57. The Bertz CT molecular complexity index is 350. The highest BCUT2D eigenvalue weighted by Crippen LogP contribution is 2.04. The molecule has 0 unspecified atom stereocenters. The van der Waals surface area contributed by atoms with Crippen LogP contribution in [0, 0.1) is 18.3 Å². The normalized spacial score (nSPS) is 15.8. The molecule has 0 atom stereocenters. The van der Waals surface area contributed by atoms with Crippen LogP contribution in [0.5, 0.6) is 0 Å². The van der Waals surface area contributed by atoms with E-state index in [1.165, 1.54) is 38.5 Å². The highest BCUT2D eigenvalue weighted by molar-refractivity contribution is 5.22. The molecule has 0 N–H and O–H groups in total. The van der Waals surface area contributed by atoms with Crippen molar-refractivity contribution in [2.45, 2.75) is 26.2 Å². The van der Waals surface area contributed by atoms with Crippen molar-refractivity contribution in [2.24, 2.45) is 0 Å². The van der Waals surface area contributed by atoms with Gasteiger partial charge in [-0.15, -0.1) is 0 Å². The molecule has 1 saturated heterocycles. The van der Waals surface area contributed by atoms with E-state index in [-0.39, 0.29) is 0 Å². The first-order chi connectivity index (χ1) is 7.74. The minimum Gasteiger partial charge on any atom is -0.306 e. The van der Waals surface area contributed by atoms with E-state index in [4.69, 9.17) is 5.26 Å². The molecule has 1 aromatic rings. The molecule has 0 spiro atoms. The topological polar surface area (TPSA) is 52.8 Å². The van der Waals surface area contributed by atoms with Gasteiger partial charge in [-0.2, -0.15) is 5.26 Å². The fourth-order valence-corrected chi connectivity index (χ4v) is 1.57. The number of nitriles is 1. The molecule has 0 aromatic carbocycles. The van der Waals surface area contributed by atoms with Gasteiger partial charge in [0.15, 0.2) is 5.69 Å². The predicted molar refractivity (Wildman–Crippen MR) is 62.8 cm³/mol. The average molecular weight is 218 g/mol. The standard InChI is InChI=1S/C6H5N3.C6H13N/c1-5-6(4-7)9-3-2-8-5;1-7-5-3-2-4-6-7/h2-3H,1H3;2-6H2,1H3. The molecule has 0 aliphatic carbocycles. The molecule has 86 valence electrons. The SMILES string of the molecule is CN1CCCCC1.Cc1nccnc1C#N. The minimum atomic E-state index is 0.400. The van der Waals surface area contributed by atoms with Crippen LogP contribution in [-0.2, 0) is 0 Å². The Kier molecular flexibility index (Phi) is 5.44. The maximum atomic E-state index is 8.37. The molecule has 0 amide bonds. The van der Waals surface area contributed by atoms with Crippen LogP contribution in [-0.4, -0.2) is 35.0 Å². The van der Waals surface area contributed by atoms with E-state index in [0.717, 1.165) is 0 Å². The third-order valence-corrected chi connectivity index (χ3v) is 2.57. The quantitative estimate of drug-likeness (QED) is 0.666. The van der Waals surface area contributed by atoms with Crippen molar-refractivity contribution in [1.29, 1.82) is 5.26 Å². The van der Waals surface area contributed by atoms with Crippen LogP contribution in [0.3, 0.4) is 0 Å². The summed E-state index contributed by atoms with van der Waals surface area (Å²) in [7, 11) is 2.19. The van der Waals surface area contributed by atoms with Crippen molar-refractivity contribution in [3.8, 4) is 6.07 Å². The van der Waals surface area contributed by atoms with Gasteiger partial charge in [-0.3, -0.25) is 4.98 Å². The van der Waals surface area contributed by atoms with Crippen molar-refractivity contribution in [2.75, 3.05) is 20.1 Å². The first kappa shape index (κ1) is 12.6. The van der Waals surface area contributed by atoms with Crippen LogP contribution >= 0.6 is 0 Å². The number of likely N-dealkylation sites (tertiary alicyclic amines) is 1. The van der Waals surface area contributed by atoms with Crippen LogP contribution in [0.25, 0.3) is 0 Å². The Labute approximate surface area is 96.9 Å². The van der Waals surface area contributed by atoms with Gasteiger partial charge in [0.2, 0.25) is 0 Å². The number of hydrogen-bond acceptors (Lipinski definition) is 4. The molecular weight excluding hydrogens is 200 g/mol. The summed E-state index contributed by atoms with van der Waals surface area (Å²) < 4.78 is 0. The molecule has 0 bridgehead atoms. The van der Waals surface area contributed by atoms with Crippen molar-refractivity contribution < 1.29 is 0 Å². The van der Waals surface area contributed by atoms with Crippen molar-refractivity contribution in [3.05, 3.63) is 23.8 Å². The maximum absolute atomic E-state index is 8.37. The number of aryl methyl sites for hydroxylation is 1. The van der Waals surface area contributed by atoms with Crippen LogP contribution in [0.2, 0.25) is 0 Å². The number of rotatable bonds is 0. The lowest BCUT2D eigenvalue weighted by molar-refractivity contribution is 0.277. The molecule has 0 radical (unpaired) electrons. The molecule has 0 saturated carbocycles. The van der Waals surface area contributed by atoms with Gasteiger partial charge < -0.3 is 4.90 Å². The van der Waals surface area contributed by atoms with Crippen molar-refractivity contribution >= 4 is 0 Å². The zero-order valence-corrected chi connectivity index (χ0v) is 9.98. The van der Waals surface area contributed by atoms with E-state index in [1.807, 2.05) is 6.07 Å². The van der Waals surface area contributed by atoms with Crippen LogP contribution < -0.4 is 0 Å². The van der Waals surface area contributed by atoms with Gasteiger partial charge in [0.25, 0.3) is 0 Å². The molecule has 16 heavy (non-hydrogen) atoms. The van der Waals surface area contributed by atoms with Gasteiger partial charge in [-0.25, -0.2) is 4.98 Å². The van der Waals surface area contributed by atoms with Gasteiger partial charge in [-0.1, -0.05) is 6.42 Å². The second-order valence-electron chi connectivity index (χ2n) is 3.97. The molecule has 1 aliphatic rings. The molecule has 4 heteroatoms. The lowest BCUT2D eigenvalue weighted by Gasteiger charge is -2.20. The van der Waals surface area contributed by atoms with E-state index >= 15 is 0 Å². The second-order valence-corrected chi connectivity index (χ2v) is 3.97. The monoisotopic (exact) mass is 218 g/mol. The number of hydrogen-bond donors (Lipinski definition) is 0. The summed E-state index contributed by atoms with van der Waals surface area (Å²) in [4.78, 5) is 10.0. The fraction of sp³-hybridized carbons (Fsp3) is 0.583. The molecule has 4 nitrogen and oxygen atoms in total. The number of nitrogens with zero attached hydrogens (tertiary/aromatic N) is 4. The largest absolute Gasteiger partial charge is 0.306 e. The maximum Gasteiger partial charge on any atom is 0.161 e. The smallest absolute Gasteiger partial charge is 0.161 e. The lowest BCUT2D eigenvalue weighted by Crippen LogP contribution is -2.24. The summed E-state index contributed by atoms with van der Waals surface area (Å²) in [6.07, 6.45) is 7.35. The Hall–Kier alpha value is -1.47. The van der Waals surface area contributed by atoms with Gasteiger partial charge in [0.1, 0.15) is 6.07 Å². The zero-order valence-electron chi connectivity index (χ0n) is 9.98. The summed E-state index contributed by atoms with van der Waals surface area (Å²) in [5, 5.41) is 8.37. The Morgan fingerprint density at radius 1 is 1.19 bits per heavy atom. The van der Waals surface area contributed by atoms with Crippen LogP contribution in [0.15, 0.2) is 12.4 Å². The van der Waals surface area contributed by atoms with E-state index in [1.54, 1.807) is 13.1 Å². The van der Waals surface area contributed by atoms with Crippen molar-refractivity contribution in [3.63, 3.8) is 0 Å². The van der Waals surface area contributed by atoms with Crippen LogP contribution in [0.1, 0.15) is 30.7 Å². The lowest BCUT2D eigenvalue weighted by atomic mass is 10.1. The van der Waals surface area contributed by atoms with Gasteiger partial charge >= 0.3 is 0 Å². The van der Waals surface area contributed by atoms with Crippen molar-refractivity contribution in [1.82, 2.24) is 14.9 Å². The third kappa shape index (κ3) is 4.37. The summed E-state index contributed by atoms with van der Waals surface area (Å²) in [5.74, 6) is 0. The molecule has 2 rings (SSSR count). The summed E-state index contributed by atoms with van der Waals surface area (Å²) in [6.45, 7) is 4.39. The Balaban J connectivity index is 0.000000165. The fourth-order valence-electron chi connectivity index (χ4n) is 1.57. The Morgan fingerprint density at radius 3 is 2.19 bits per heavy atom. The molecule has 1 aliphatic heterocycles. The van der Waals surface area contributed by atoms with E-state index < -0.39 is 0 Å². The first-order valence-electron chi connectivity index (χ1n) is 5.60. The van der Waals surface area contributed by atoms with Crippen LogP contribution in [0.4, 0.5) is 0 Å². The molecule has 2 heterocycles. The molecule has 1 fully saturated rings. The zero-order chi connectivity index (χ0) is 11.8. The summed E-state index contributed by atoms with van der Waals surface area (Å²) in [6, 6.07) is 1.92. The average Bonchev–Trinajstić information content (AvgIpc) is 2.31. The highest BCUT2D eigenvalue weighted by atomic mass is 15.1. The molecule has 1 aromatic heterocycles. The predicted octanol–water partition coefficient (Wildman–Crippen LogP) is 1.76. The van der Waals surface area contributed by atoms with E-state index in [0.29, 0.717) is 11.4 Å². The highest BCUT2D eigenvalue weighted by Gasteiger charge is 2.02. The molecular formula is C12H18N4. The second kappa shape index (κ2) is 6.91. The number of aromatic nitrogens is 2. The number of piperidine rings is 1. The minimum absolute atomic E-state index is 0.400. The summed E-state index contributed by atoms with van der Waals surface area (Å²) in [5.41, 5.74) is 1.08. The van der Waals surface area contributed by atoms with Gasteiger partial charge in [-0.05, 0) is 39.9 Å².